The van der Waals surface area contributed by atoms with Crippen LogP contribution in [0.1, 0.15) is 6.92 Å². The van der Waals surface area contributed by atoms with Gasteiger partial charge in [-0.2, -0.15) is 0 Å². The molecule has 2 rings (SSSR count). The number of hydrogen-bond acceptors (Lipinski definition) is 3. The predicted molar refractivity (Wildman–Crippen MR) is 64.8 cm³/mol. The second-order valence-corrected chi connectivity index (χ2v) is 3.57. The number of aromatic nitrogens is 1. The van der Waals surface area contributed by atoms with Gasteiger partial charge in [-0.3, -0.25) is 4.79 Å². The number of fused-ring (bicyclic) bond motifs is 1. The molecule has 2 aromatic rings. The second kappa shape index (κ2) is 3.89. The summed E-state index contributed by atoms with van der Waals surface area (Å²) in [4.78, 5) is 11.7. The lowest BCUT2D eigenvalue weighted by Gasteiger charge is -2.10. The van der Waals surface area contributed by atoms with Crippen LogP contribution < -0.4 is 16.0 Å². The van der Waals surface area contributed by atoms with Gasteiger partial charge in [0.15, 0.2) is 0 Å². The van der Waals surface area contributed by atoms with E-state index in [4.69, 9.17) is 10.5 Å². The zero-order valence-corrected chi connectivity index (χ0v) is 9.36. The van der Waals surface area contributed by atoms with Crippen LogP contribution in [0, 0.1) is 0 Å². The fraction of sp³-hybridized carbons (Fsp3) is 0.250. The highest BCUT2D eigenvalue weighted by molar-refractivity contribution is 5.91. The maximum Gasteiger partial charge on any atom is 0.253 e. The van der Waals surface area contributed by atoms with Crippen LogP contribution in [0.4, 0.5) is 5.69 Å². The standard InChI is InChI=1S/C12H14N2O2/c1-3-14-11-5-4-8(16-2)6-9(11)10(13)7-12(14)15/h4-7H,3,13H2,1-2H3. The molecule has 1 heterocycles. The van der Waals surface area contributed by atoms with E-state index >= 15 is 0 Å². The molecule has 2 N–H and O–H groups in total. The van der Waals surface area contributed by atoms with Gasteiger partial charge in [0.05, 0.1) is 12.6 Å². The molecule has 0 aliphatic rings. The Labute approximate surface area is 93.3 Å². The number of aryl methyl sites for hydroxylation is 1. The number of nitrogens with zero attached hydrogens (tertiary/aromatic N) is 1. The van der Waals surface area contributed by atoms with E-state index < -0.39 is 0 Å². The summed E-state index contributed by atoms with van der Waals surface area (Å²) >= 11 is 0. The predicted octanol–water partition coefficient (Wildman–Crippen LogP) is 1.61. The molecule has 0 bridgehead atoms. The minimum absolute atomic E-state index is 0.0716. The highest BCUT2D eigenvalue weighted by Crippen LogP contribution is 2.24. The molecule has 0 spiro atoms. The maximum absolute atomic E-state index is 11.7. The van der Waals surface area contributed by atoms with Crippen molar-refractivity contribution < 1.29 is 4.74 Å². The van der Waals surface area contributed by atoms with Gasteiger partial charge >= 0.3 is 0 Å². The maximum atomic E-state index is 11.7. The average molecular weight is 218 g/mol. The van der Waals surface area contributed by atoms with Gasteiger partial charge in [-0.15, -0.1) is 0 Å². The first kappa shape index (κ1) is 10.5. The van der Waals surface area contributed by atoms with Gasteiger partial charge in [0.2, 0.25) is 0 Å². The van der Waals surface area contributed by atoms with E-state index in [0.717, 1.165) is 16.7 Å². The third kappa shape index (κ3) is 1.52. The van der Waals surface area contributed by atoms with E-state index in [1.165, 1.54) is 6.07 Å². The molecular formula is C12H14N2O2. The Bertz CT molecular complexity index is 587. The molecule has 0 saturated carbocycles. The summed E-state index contributed by atoms with van der Waals surface area (Å²) in [6.45, 7) is 2.56. The monoisotopic (exact) mass is 218 g/mol. The summed E-state index contributed by atoms with van der Waals surface area (Å²) in [6, 6.07) is 6.98. The Balaban J connectivity index is 2.87. The Morgan fingerprint density at radius 2 is 2.12 bits per heavy atom. The molecule has 1 aromatic carbocycles. The number of benzene rings is 1. The first-order valence-electron chi connectivity index (χ1n) is 5.14. The van der Waals surface area contributed by atoms with Crippen molar-refractivity contribution in [3.8, 4) is 5.75 Å². The summed E-state index contributed by atoms with van der Waals surface area (Å²) in [5.74, 6) is 0.737. The van der Waals surface area contributed by atoms with E-state index in [2.05, 4.69) is 0 Å². The molecule has 0 unspecified atom stereocenters. The summed E-state index contributed by atoms with van der Waals surface area (Å²) < 4.78 is 6.82. The van der Waals surface area contributed by atoms with E-state index in [-0.39, 0.29) is 5.56 Å². The molecule has 4 nitrogen and oxygen atoms in total. The summed E-state index contributed by atoms with van der Waals surface area (Å²) in [5, 5.41) is 0.848. The van der Waals surface area contributed by atoms with Gasteiger partial charge in [-0.05, 0) is 25.1 Å². The Hall–Kier alpha value is -1.97. The van der Waals surface area contributed by atoms with E-state index in [1.807, 2.05) is 25.1 Å². The number of nitrogens with two attached hydrogens (primary N) is 1. The largest absolute Gasteiger partial charge is 0.497 e. The topological polar surface area (TPSA) is 57.2 Å². The number of ether oxygens (including phenoxy) is 1. The van der Waals surface area contributed by atoms with Gasteiger partial charge in [0.1, 0.15) is 5.75 Å². The Morgan fingerprint density at radius 3 is 2.75 bits per heavy atom. The molecule has 0 atom stereocenters. The highest BCUT2D eigenvalue weighted by Gasteiger charge is 2.06. The first-order chi connectivity index (χ1) is 7.67. The Morgan fingerprint density at radius 1 is 1.38 bits per heavy atom. The molecular weight excluding hydrogens is 204 g/mol. The molecule has 16 heavy (non-hydrogen) atoms. The number of hydrogen-bond donors (Lipinski definition) is 1. The number of anilines is 1. The van der Waals surface area contributed by atoms with Crippen LogP contribution in [0.2, 0.25) is 0 Å². The number of methoxy groups -OCH3 is 1. The number of pyridine rings is 1. The van der Waals surface area contributed by atoms with Crippen molar-refractivity contribution in [1.82, 2.24) is 4.57 Å². The molecule has 4 heteroatoms. The summed E-state index contributed by atoms with van der Waals surface area (Å²) in [7, 11) is 1.60. The molecule has 84 valence electrons. The number of nitrogen functional groups attached to an aromatic ring is 1. The fourth-order valence-electron chi connectivity index (χ4n) is 1.84. The molecule has 0 aliphatic carbocycles. The average Bonchev–Trinajstić information content (AvgIpc) is 2.29. The molecule has 0 radical (unpaired) electrons. The fourth-order valence-corrected chi connectivity index (χ4v) is 1.84. The van der Waals surface area contributed by atoms with Crippen LogP contribution in [0.5, 0.6) is 5.75 Å². The molecule has 0 saturated heterocycles. The molecule has 1 aromatic heterocycles. The zero-order valence-electron chi connectivity index (χ0n) is 9.36. The van der Waals surface area contributed by atoms with E-state index in [9.17, 15) is 4.79 Å². The van der Waals surface area contributed by atoms with Crippen LogP contribution in [-0.2, 0) is 6.54 Å². The van der Waals surface area contributed by atoms with Crippen molar-refractivity contribution in [3.05, 3.63) is 34.6 Å². The minimum Gasteiger partial charge on any atom is -0.497 e. The van der Waals surface area contributed by atoms with Crippen molar-refractivity contribution in [3.63, 3.8) is 0 Å². The highest BCUT2D eigenvalue weighted by atomic mass is 16.5. The van der Waals surface area contributed by atoms with Crippen LogP contribution >= 0.6 is 0 Å². The molecule has 0 amide bonds. The van der Waals surface area contributed by atoms with Crippen molar-refractivity contribution in [2.45, 2.75) is 13.5 Å². The summed E-state index contributed by atoms with van der Waals surface area (Å²) in [5.41, 5.74) is 7.09. The molecule has 0 fully saturated rings. The lowest BCUT2D eigenvalue weighted by molar-refractivity contribution is 0.415. The van der Waals surface area contributed by atoms with E-state index in [1.54, 1.807) is 11.7 Å². The smallest absolute Gasteiger partial charge is 0.253 e. The minimum atomic E-state index is -0.0716. The normalized spacial score (nSPS) is 10.6. The van der Waals surface area contributed by atoms with Crippen LogP contribution in [-0.4, -0.2) is 11.7 Å². The quantitative estimate of drug-likeness (QED) is 0.833. The zero-order chi connectivity index (χ0) is 11.7. The third-order valence-corrected chi connectivity index (χ3v) is 2.67. The van der Waals surface area contributed by atoms with Crippen molar-refractivity contribution >= 4 is 16.6 Å². The van der Waals surface area contributed by atoms with Gasteiger partial charge in [-0.25, -0.2) is 0 Å². The van der Waals surface area contributed by atoms with Crippen molar-refractivity contribution in [2.24, 2.45) is 0 Å². The van der Waals surface area contributed by atoms with Crippen molar-refractivity contribution in [2.75, 3.05) is 12.8 Å². The van der Waals surface area contributed by atoms with Crippen LogP contribution in [0.3, 0.4) is 0 Å². The van der Waals surface area contributed by atoms with Gasteiger partial charge in [0.25, 0.3) is 5.56 Å². The SMILES string of the molecule is CCn1c(=O)cc(N)c2cc(OC)ccc21. The van der Waals surface area contributed by atoms with Crippen LogP contribution in [0.25, 0.3) is 10.9 Å². The third-order valence-electron chi connectivity index (χ3n) is 2.67. The van der Waals surface area contributed by atoms with Gasteiger partial charge < -0.3 is 15.0 Å². The lowest BCUT2D eigenvalue weighted by atomic mass is 10.1. The number of rotatable bonds is 2. The Kier molecular flexibility index (Phi) is 2.56. The van der Waals surface area contributed by atoms with Crippen LogP contribution in [0.15, 0.2) is 29.1 Å². The van der Waals surface area contributed by atoms with Gasteiger partial charge in [0, 0.05) is 23.7 Å². The lowest BCUT2D eigenvalue weighted by Crippen LogP contribution is -2.19. The van der Waals surface area contributed by atoms with Gasteiger partial charge in [-0.1, -0.05) is 0 Å². The van der Waals surface area contributed by atoms with E-state index in [0.29, 0.717) is 12.2 Å². The molecule has 0 aliphatic heterocycles. The van der Waals surface area contributed by atoms with Crippen molar-refractivity contribution in [1.29, 1.82) is 0 Å². The first-order valence-corrected chi connectivity index (χ1v) is 5.14. The second-order valence-electron chi connectivity index (χ2n) is 3.57. The summed E-state index contributed by atoms with van der Waals surface area (Å²) in [6.07, 6.45) is 0.